The second kappa shape index (κ2) is 6.57. The van der Waals surface area contributed by atoms with Crippen molar-refractivity contribution >= 4 is 23.2 Å². The molecule has 3 rings (SSSR count). The molecule has 1 fully saturated rings. The van der Waals surface area contributed by atoms with Crippen molar-refractivity contribution in [1.82, 2.24) is 4.90 Å². The number of halogens is 1. The molecule has 2 nitrogen and oxygen atoms in total. The van der Waals surface area contributed by atoms with Crippen molar-refractivity contribution in [3.8, 4) is 0 Å². The van der Waals surface area contributed by atoms with Gasteiger partial charge in [0, 0.05) is 25.2 Å². The molecule has 1 aliphatic rings. The van der Waals surface area contributed by atoms with Gasteiger partial charge in [0.05, 0.1) is 0 Å². The van der Waals surface area contributed by atoms with Gasteiger partial charge in [-0.15, -0.1) is 12.4 Å². The summed E-state index contributed by atoms with van der Waals surface area (Å²) >= 11 is 0. The molecular weight excluding hydrogens is 292 g/mol. The Morgan fingerprint density at radius 1 is 1.14 bits per heavy atom. The number of fused-ring (bicyclic) bond motifs is 1. The highest BCUT2D eigenvalue weighted by Gasteiger charge is 2.35. The minimum Gasteiger partial charge on any atom is -0.327 e. The predicted molar refractivity (Wildman–Crippen MR) is 97.6 cm³/mol. The molecule has 0 aromatic heterocycles. The average Bonchev–Trinajstić information content (AvgIpc) is 2.48. The Morgan fingerprint density at radius 3 is 2.50 bits per heavy atom. The molecule has 2 atom stereocenters. The normalized spacial score (nSPS) is 23.0. The largest absolute Gasteiger partial charge is 0.327 e. The summed E-state index contributed by atoms with van der Waals surface area (Å²) in [5.41, 5.74) is 7.86. The second-order valence-electron chi connectivity index (χ2n) is 7.14. The van der Waals surface area contributed by atoms with E-state index in [4.69, 9.17) is 5.73 Å². The van der Waals surface area contributed by atoms with E-state index >= 15 is 0 Å². The van der Waals surface area contributed by atoms with Crippen LogP contribution in [-0.2, 0) is 0 Å². The molecule has 1 aliphatic heterocycles. The summed E-state index contributed by atoms with van der Waals surface area (Å²) in [6, 6.07) is 16.2. The Kier molecular flexibility index (Phi) is 5.16. The summed E-state index contributed by atoms with van der Waals surface area (Å²) in [6.45, 7) is 9.06. The zero-order chi connectivity index (χ0) is 15.0. The van der Waals surface area contributed by atoms with Crippen molar-refractivity contribution in [3.05, 3.63) is 48.0 Å². The number of likely N-dealkylation sites (tertiary alicyclic amines) is 1. The third-order valence-corrected chi connectivity index (χ3v) is 5.15. The molecule has 22 heavy (non-hydrogen) atoms. The van der Waals surface area contributed by atoms with E-state index in [2.05, 4.69) is 68.1 Å². The number of hydrogen-bond acceptors (Lipinski definition) is 2. The summed E-state index contributed by atoms with van der Waals surface area (Å²) < 4.78 is 0. The quantitative estimate of drug-likeness (QED) is 0.890. The fourth-order valence-electron chi connectivity index (χ4n) is 3.42. The predicted octanol–water partition coefficient (Wildman–Crippen LogP) is 4.38. The van der Waals surface area contributed by atoms with Crippen LogP contribution >= 0.6 is 12.4 Å². The van der Waals surface area contributed by atoms with Crippen molar-refractivity contribution in [3.63, 3.8) is 0 Å². The molecule has 3 heteroatoms. The third kappa shape index (κ3) is 3.29. The van der Waals surface area contributed by atoms with Crippen LogP contribution in [0.2, 0.25) is 0 Å². The first-order valence-corrected chi connectivity index (χ1v) is 7.96. The number of benzene rings is 2. The van der Waals surface area contributed by atoms with Crippen LogP contribution in [0.1, 0.15) is 38.8 Å². The van der Waals surface area contributed by atoms with Gasteiger partial charge in [-0.2, -0.15) is 0 Å². The fraction of sp³-hybridized carbons (Fsp3) is 0.474. The second-order valence-corrected chi connectivity index (χ2v) is 7.14. The molecule has 120 valence electrons. The van der Waals surface area contributed by atoms with E-state index < -0.39 is 0 Å². The first-order chi connectivity index (χ1) is 9.97. The van der Waals surface area contributed by atoms with Gasteiger partial charge in [0.25, 0.3) is 0 Å². The Bertz CT molecular complexity index is 638. The Labute approximate surface area is 140 Å². The number of piperidine rings is 1. The zero-order valence-electron chi connectivity index (χ0n) is 13.8. The number of rotatable bonds is 2. The molecule has 2 unspecified atom stereocenters. The topological polar surface area (TPSA) is 29.3 Å². The van der Waals surface area contributed by atoms with Gasteiger partial charge in [0.2, 0.25) is 0 Å². The lowest BCUT2D eigenvalue weighted by Crippen LogP contribution is -2.52. The monoisotopic (exact) mass is 318 g/mol. The van der Waals surface area contributed by atoms with Gasteiger partial charge in [-0.3, -0.25) is 4.90 Å². The lowest BCUT2D eigenvalue weighted by molar-refractivity contribution is 0.0665. The van der Waals surface area contributed by atoms with Crippen molar-refractivity contribution in [2.24, 2.45) is 11.1 Å². The van der Waals surface area contributed by atoms with E-state index in [-0.39, 0.29) is 17.8 Å². The Morgan fingerprint density at radius 2 is 1.82 bits per heavy atom. The van der Waals surface area contributed by atoms with Crippen molar-refractivity contribution in [1.29, 1.82) is 0 Å². The molecule has 0 aliphatic carbocycles. The lowest BCUT2D eigenvalue weighted by Gasteiger charge is -2.45. The van der Waals surface area contributed by atoms with Crippen LogP contribution in [0.5, 0.6) is 0 Å². The summed E-state index contributed by atoms with van der Waals surface area (Å²) in [6.07, 6.45) is 1.09. The molecule has 0 amide bonds. The minimum atomic E-state index is 0. The van der Waals surface area contributed by atoms with Gasteiger partial charge < -0.3 is 5.73 Å². The average molecular weight is 319 g/mol. The van der Waals surface area contributed by atoms with Crippen LogP contribution in [0, 0.1) is 5.41 Å². The van der Waals surface area contributed by atoms with Crippen LogP contribution in [0.15, 0.2) is 42.5 Å². The summed E-state index contributed by atoms with van der Waals surface area (Å²) in [7, 11) is 0. The maximum atomic E-state index is 6.26. The highest BCUT2D eigenvalue weighted by atomic mass is 35.5. The van der Waals surface area contributed by atoms with Gasteiger partial charge in [-0.25, -0.2) is 0 Å². The molecule has 0 spiro atoms. The van der Waals surface area contributed by atoms with Gasteiger partial charge in [-0.1, -0.05) is 50.2 Å². The fourth-order valence-corrected chi connectivity index (χ4v) is 3.42. The first kappa shape index (κ1) is 17.3. The number of nitrogens with two attached hydrogens (primary N) is 1. The molecule has 0 saturated carbocycles. The molecular formula is C19H27ClN2. The summed E-state index contributed by atoms with van der Waals surface area (Å²) in [4.78, 5) is 2.58. The first-order valence-electron chi connectivity index (χ1n) is 7.96. The van der Waals surface area contributed by atoms with E-state index in [9.17, 15) is 0 Å². The Balaban J connectivity index is 0.00000176. The highest BCUT2D eigenvalue weighted by Crippen LogP contribution is 2.33. The molecule has 2 aromatic carbocycles. The highest BCUT2D eigenvalue weighted by molar-refractivity contribution is 5.85. The SMILES string of the molecule is CC(c1ccc2ccccc2c1)N1CCC(N)C(C)(C)C1.Cl. The van der Waals surface area contributed by atoms with Crippen LogP contribution in [0.4, 0.5) is 0 Å². The van der Waals surface area contributed by atoms with E-state index in [1.165, 1.54) is 16.3 Å². The molecule has 2 N–H and O–H groups in total. The zero-order valence-corrected chi connectivity index (χ0v) is 14.6. The van der Waals surface area contributed by atoms with E-state index in [0.717, 1.165) is 19.5 Å². The van der Waals surface area contributed by atoms with Crippen LogP contribution < -0.4 is 5.73 Å². The molecule has 2 aromatic rings. The molecule has 1 heterocycles. The van der Waals surface area contributed by atoms with Crippen molar-refractivity contribution in [2.45, 2.75) is 39.3 Å². The third-order valence-electron chi connectivity index (χ3n) is 5.15. The van der Waals surface area contributed by atoms with Crippen LogP contribution in [-0.4, -0.2) is 24.0 Å². The van der Waals surface area contributed by atoms with Gasteiger partial charge >= 0.3 is 0 Å². The molecule has 1 saturated heterocycles. The Hall–Kier alpha value is -1.09. The van der Waals surface area contributed by atoms with Crippen molar-refractivity contribution < 1.29 is 0 Å². The van der Waals surface area contributed by atoms with Crippen LogP contribution in [0.25, 0.3) is 10.8 Å². The van der Waals surface area contributed by atoms with Crippen LogP contribution in [0.3, 0.4) is 0 Å². The summed E-state index contributed by atoms with van der Waals surface area (Å²) in [5, 5.41) is 2.64. The van der Waals surface area contributed by atoms with Crippen molar-refractivity contribution in [2.75, 3.05) is 13.1 Å². The van der Waals surface area contributed by atoms with Gasteiger partial charge in [0.1, 0.15) is 0 Å². The summed E-state index contributed by atoms with van der Waals surface area (Å²) in [5.74, 6) is 0. The van der Waals surface area contributed by atoms with E-state index in [1.807, 2.05) is 0 Å². The molecule has 0 radical (unpaired) electrons. The van der Waals surface area contributed by atoms with E-state index in [0.29, 0.717) is 12.1 Å². The lowest BCUT2D eigenvalue weighted by atomic mass is 9.79. The molecule has 0 bridgehead atoms. The van der Waals surface area contributed by atoms with Gasteiger partial charge in [0.15, 0.2) is 0 Å². The minimum absolute atomic E-state index is 0. The van der Waals surface area contributed by atoms with Gasteiger partial charge in [-0.05, 0) is 41.2 Å². The number of nitrogens with zero attached hydrogens (tertiary/aromatic N) is 1. The number of hydrogen-bond donors (Lipinski definition) is 1. The standard InChI is InChI=1S/C19H26N2.ClH/c1-14(21-11-10-18(20)19(2,3)13-21)16-9-8-15-6-4-5-7-17(15)12-16;/h4-9,12,14,18H,10-11,13,20H2,1-3H3;1H. The maximum absolute atomic E-state index is 6.26. The van der Waals surface area contributed by atoms with E-state index in [1.54, 1.807) is 0 Å². The maximum Gasteiger partial charge on any atom is 0.0320 e. The smallest absolute Gasteiger partial charge is 0.0320 e.